The summed E-state index contributed by atoms with van der Waals surface area (Å²) in [5, 5.41) is 0. The number of rotatable bonds is 2. The Morgan fingerprint density at radius 1 is 1.06 bits per heavy atom. The summed E-state index contributed by atoms with van der Waals surface area (Å²) in [6.07, 6.45) is 5.75. The first-order valence-corrected chi connectivity index (χ1v) is 7.96. The maximum absolute atomic E-state index is 2.76. The first-order chi connectivity index (χ1) is 8.22. The molecule has 1 aliphatic carbocycles. The fourth-order valence-corrected chi connectivity index (χ4v) is 3.56. The topological polar surface area (TPSA) is 3.24 Å². The maximum Gasteiger partial charge on any atom is 0.00959 e. The minimum atomic E-state index is 0.512. The van der Waals surface area contributed by atoms with Gasteiger partial charge in [0, 0.05) is 19.1 Å². The van der Waals surface area contributed by atoms with E-state index in [0.717, 1.165) is 17.9 Å². The fraction of sp³-hybridized carbons (Fsp3) is 1.00. The molecule has 0 aromatic rings. The van der Waals surface area contributed by atoms with Gasteiger partial charge in [-0.1, -0.05) is 41.5 Å². The van der Waals surface area contributed by atoms with Crippen molar-refractivity contribution in [3.63, 3.8) is 0 Å². The first-order valence-electron chi connectivity index (χ1n) is 7.96. The van der Waals surface area contributed by atoms with Gasteiger partial charge in [-0.3, -0.25) is 4.90 Å². The molecule has 1 heterocycles. The third-order valence-electron chi connectivity index (χ3n) is 6.14. The molecule has 0 bridgehead atoms. The zero-order valence-corrected chi connectivity index (χ0v) is 13.4. The van der Waals surface area contributed by atoms with Crippen LogP contribution in [0, 0.1) is 22.7 Å². The first kappa shape index (κ1) is 14.4. The highest BCUT2D eigenvalue weighted by Gasteiger charge is 2.42. The molecule has 0 aromatic heterocycles. The molecule has 1 heteroatoms. The summed E-state index contributed by atoms with van der Waals surface area (Å²) in [6.45, 7) is 17.2. The van der Waals surface area contributed by atoms with E-state index in [0.29, 0.717) is 10.8 Å². The Morgan fingerprint density at radius 2 is 1.56 bits per heavy atom. The van der Waals surface area contributed by atoms with Gasteiger partial charge in [-0.2, -0.15) is 0 Å². The van der Waals surface area contributed by atoms with Gasteiger partial charge < -0.3 is 0 Å². The van der Waals surface area contributed by atoms with Gasteiger partial charge in [-0.05, 0) is 48.3 Å². The van der Waals surface area contributed by atoms with Gasteiger partial charge in [0.2, 0.25) is 0 Å². The van der Waals surface area contributed by atoms with Gasteiger partial charge in [-0.25, -0.2) is 0 Å². The lowest BCUT2D eigenvalue weighted by molar-refractivity contribution is -0.0343. The number of hydrogen-bond donors (Lipinski definition) is 0. The third kappa shape index (κ3) is 2.76. The second-order valence-electron chi connectivity index (χ2n) is 8.56. The van der Waals surface area contributed by atoms with Crippen molar-refractivity contribution in [3.05, 3.63) is 0 Å². The molecule has 1 saturated carbocycles. The zero-order valence-electron chi connectivity index (χ0n) is 13.4. The van der Waals surface area contributed by atoms with Crippen LogP contribution in [0.4, 0.5) is 0 Å². The summed E-state index contributed by atoms with van der Waals surface area (Å²) in [7, 11) is 0. The molecule has 0 radical (unpaired) electrons. The molecule has 0 N–H and O–H groups in total. The average molecular weight is 251 g/mol. The van der Waals surface area contributed by atoms with Gasteiger partial charge in [-0.15, -0.1) is 0 Å². The van der Waals surface area contributed by atoms with Crippen molar-refractivity contribution in [1.82, 2.24) is 4.90 Å². The molecule has 2 aliphatic rings. The van der Waals surface area contributed by atoms with Crippen molar-refractivity contribution in [1.29, 1.82) is 0 Å². The van der Waals surface area contributed by atoms with Crippen LogP contribution in [-0.4, -0.2) is 24.0 Å². The highest BCUT2D eigenvalue weighted by molar-refractivity contribution is 4.95. The van der Waals surface area contributed by atoms with Gasteiger partial charge in [0.05, 0.1) is 0 Å². The van der Waals surface area contributed by atoms with Gasteiger partial charge >= 0.3 is 0 Å². The molecule has 1 saturated heterocycles. The predicted octanol–water partition coefficient (Wildman–Crippen LogP) is 4.57. The highest BCUT2D eigenvalue weighted by Crippen LogP contribution is 2.45. The van der Waals surface area contributed by atoms with E-state index in [1.54, 1.807) is 0 Å². The molecule has 1 aliphatic heterocycles. The summed E-state index contributed by atoms with van der Waals surface area (Å²) in [4.78, 5) is 2.76. The summed E-state index contributed by atoms with van der Waals surface area (Å²) >= 11 is 0. The van der Waals surface area contributed by atoms with Crippen LogP contribution in [0.25, 0.3) is 0 Å². The van der Waals surface area contributed by atoms with Gasteiger partial charge in [0.1, 0.15) is 0 Å². The van der Waals surface area contributed by atoms with Crippen molar-refractivity contribution in [2.75, 3.05) is 13.1 Å². The summed E-state index contributed by atoms with van der Waals surface area (Å²) in [5.74, 6) is 1.77. The van der Waals surface area contributed by atoms with Crippen LogP contribution >= 0.6 is 0 Å². The van der Waals surface area contributed by atoms with Crippen molar-refractivity contribution in [3.8, 4) is 0 Å². The largest absolute Gasteiger partial charge is 0.300 e. The van der Waals surface area contributed by atoms with Crippen LogP contribution in [0.15, 0.2) is 0 Å². The predicted molar refractivity (Wildman–Crippen MR) is 79.7 cm³/mol. The SMILES string of the molecule is CC(C)C1(C)CCC(N2CC(C(C)(C)C)C2)CC1. The Labute approximate surface area is 114 Å². The fourth-order valence-electron chi connectivity index (χ4n) is 3.56. The molecular formula is C17H33N. The highest BCUT2D eigenvalue weighted by atomic mass is 15.2. The van der Waals surface area contributed by atoms with E-state index in [2.05, 4.69) is 46.4 Å². The second kappa shape index (κ2) is 4.81. The van der Waals surface area contributed by atoms with E-state index in [1.165, 1.54) is 38.8 Å². The maximum atomic E-state index is 2.76. The third-order valence-corrected chi connectivity index (χ3v) is 6.14. The lowest BCUT2D eigenvalue weighted by atomic mass is 9.66. The molecule has 0 aromatic carbocycles. The molecule has 18 heavy (non-hydrogen) atoms. The summed E-state index contributed by atoms with van der Waals surface area (Å²) in [6, 6.07) is 0.899. The van der Waals surface area contributed by atoms with Crippen LogP contribution in [0.3, 0.4) is 0 Å². The summed E-state index contributed by atoms with van der Waals surface area (Å²) < 4.78 is 0. The normalized spacial score (nSPS) is 35.8. The molecule has 0 amide bonds. The monoisotopic (exact) mass is 251 g/mol. The van der Waals surface area contributed by atoms with Crippen molar-refractivity contribution in [2.45, 2.75) is 73.3 Å². The molecule has 106 valence electrons. The van der Waals surface area contributed by atoms with E-state index >= 15 is 0 Å². The van der Waals surface area contributed by atoms with E-state index in [-0.39, 0.29) is 0 Å². The minimum absolute atomic E-state index is 0.512. The molecule has 2 rings (SSSR count). The van der Waals surface area contributed by atoms with Crippen LogP contribution < -0.4 is 0 Å². The van der Waals surface area contributed by atoms with Crippen molar-refractivity contribution in [2.24, 2.45) is 22.7 Å². The molecular weight excluding hydrogens is 218 g/mol. The Bertz CT molecular complexity index is 272. The zero-order chi connectivity index (χ0) is 13.6. The van der Waals surface area contributed by atoms with Crippen molar-refractivity contribution < 1.29 is 0 Å². The van der Waals surface area contributed by atoms with Crippen molar-refractivity contribution >= 4 is 0 Å². The molecule has 0 atom stereocenters. The second-order valence-corrected chi connectivity index (χ2v) is 8.56. The van der Waals surface area contributed by atoms with Crippen LogP contribution in [0.2, 0.25) is 0 Å². The Morgan fingerprint density at radius 3 is 1.94 bits per heavy atom. The number of nitrogens with zero attached hydrogens (tertiary/aromatic N) is 1. The van der Waals surface area contributed by atoms with Crippen LogP contribution in [-0.2, 0) is 0 Å². The van der Waals surface area contributed by atoms with E-state index < -0.39 is 0 Å². The number of likely N-dealkylation sites (tertiary alicyclic amines) is 1. The van der Waals surface area contributed by atoms with E-state index in [1.807, 2.05) is 0 Å². The quantitative estimate of drug-likeness (QED) is 0.695. The molecule has 1 nitrogen and oxygen atoms in total. The standard InChI is InChI=1S/C17H33N/c1-13(2)17(6)9-7-15(8-10-17)18-11-14(12-18)16(3,4)5/h13-15H,7-12H2,1-6H3. The summed E-state index contributed by atoms with van der Waals surface area (Å²) in [5.41, 5.74) is 1.13. The van der Waals surface area contributed by atoms with Gasteiger partial charge in [0.25, 0.3) is 0 Å². The van der Waals surface area contributed by atoms with Gasteiger partial charge in [0.15, 0.2) is 0 Å². The van der Waals surface area contributed by atoms with E-state index in [4.69, 9.17) is 0 Å². The number of hydrogen-bond acceptors (Lipinski definition) is 1. The smallest absolute Gasteiger partial charge is 0.00959 e. The minimum Gasteiger partial charge on any atom is -0.300 e. The Kier molecular flexibility index (Phi) is 3.84. The Balaban J connectivity index is 1.79. The van der Waals surface area contributed by atoms with Crippen LogP contribution in [0.1, 0.15) is 67.2 Å². The molecule has 0 unspecified atom stereocenters. The molecule has 0 spiro atoms. The average Bonchev–Trinajstić information content (AvgIpc) is 2.16. The lowest BCUT2D eigenvalue weighted by Gasteiger charge is -2.52. The lowest BCUT2D eigenvalue weighted by Crippen LogP contribution is -2.57. The molecule has 2 fully saturated rings. The van der Waals surface area contributed by atoms with E-state index in [9.17, 15) is 0 Å². The van der Waals surface area contributed by atoms with Crippen LogP contribution in [0.5, 0.6) is 0 Å². The Hall–Kier alpha value is -0.0400.